The van der Waals surface area contributed by atoms with Crippen LogP contribution in [0.15, 0.2) is 5.38 Å². The van der Waals surface area contributed by atoms with Crippen LogP contribution in [0.4, 0.5) is 0 Å². The van der Waals surface area contributed by atoms with Crippen molar-refractivity contribution in [1.29, 1.82) is 0 Å². The van der Waals surface area contributed by atoms with Gasteiger partial charge in [-0.15, -0.1) is 11.3 Å². The number of thiophene rings is 1. The zero-order valence-corrected chi connectivity index (χ0v) is 9.12. The third kappa shape index (κ3) is 2.17. The van der Waals surface area contributed by atoms with Crippen molar-refractivity contribution < 1.29 is 4.79 Å². The first-order valence-electron chi connectivity index (χ1n) is 4.45. The van der Waals surface area contributed by atoms with E-state index in [0.29, 0.717) is 0 Å². The molecule has 13 heavy (non-hydrogen) atoms. The van der Waals surface area contributed by atoms with Gasteiger partial charge < -0.3 is 5.32 Å². The standard InChI is InChI=1S/C10H15NOS/c1-4-8-9(7(2)12)6-13-10(8)5-11-3/h6,11H,4-5H2,1-3H3. The molecular formula is C10H15NOS. The molecule has 0 saturated carbocycles. The van der Waals surface area contributed by atoms with Gasteiger partial charge in [0.05, 0.1) is 0 Å². The van der Waals surface area contributed by atoms with E-state index in [1.165, 1.54) is 10.4 Å². The molecule has 2 nitrogen and oxygen atoms in total. The number of carbonyl (C=O) groups is 1. The summed E-state index contributed by atoms with van der Waals surface area (Å²) in [4.78, 5) is 12.5. The van der Waals surface area contributed by atoms with Crippen molar-refractivity contribution in [3.63, 3.8) is 0 Å². The summed E-state index contributed by atoms with van der Waals surface area (Å²) < 4.78 is 0. The Balaban J connectivity index is 3.03. The van der Waals surface area contributed by atoms with E-state index in [1.807, 2.05) is 12.4 Å². The largest absolute Gasteiger partial charge is 0.315 e. The Kier molecular flexibility index (Phi) is 3.63. The third-order valence-electron chi connectivity index (χ3n) is 2.05. The van der Waals surface area contributed by atoms with Crippen molar-refractivity contribution in [3.8, 4) is 0 Å². The summed E-state index contributed by atoms with van der Waals surface area (Å²) in [5, 5.41) is 5.08. The van der Waals surface area contributed by atoms with Crippen molar-refractivity contribution in [2.24, 2.45) is 0 Å². The van der Waals surface area contributed by atoms with Crippen LogP contribution >= 0.6 is 11.3 Å². The van der Waals surface area contributed by atoms with Crippen molar-refractivity contribution >= 4 is 17.1 Å². The second kappa shape index (κ2) is 4.53. The molecule has 3 heteroatoms. The maximum atomic E-state index is 11.2. The first kappa shape index (κ1) is 10.4. The van der Waals surface area contributed by atoms with Crippen LogP contribution in [0.3, 0.4) is 0 Å². The molecule has 1 rings (SSSR count). The lowest BCUT2D eigenvalue weighted by molar-refractivity contribution is 0.101. The van der Waals surface area contributed by atoms with Crippen LogP contribution in [-0.2, 0) is 13.0 Å². The van der Waals surface area contributed by atoms with Gasteiger partial charge in [-0.05, 0) is 26.0 Å². The average Bonchev–Trinajstić information content (AvgIpc) is 2.48. The number of hydrogen-bond donors (Lipinski definition) is 1. The molecule has 0 aliphatic heterocycles. The minimum atomic E-state index is 0.176. The van der Waals surface area contributed by atoms with E-state index in [0.717, 1.165) is 18.5 Å². The Morgan fingerprint density at radius 1 is 1.62 bits per heavy atom. The summed E-state index contributed by atoms with van der Waals surface area (Å²) in [5.74, 6) is 0.176. The van der Waals surface area contributed by atoms with E-state index < -0.39 is 0 Å². The average molecular weight is 197 g/mol. The molecule has 1 N–H and O–H groups in total. The van der Waals surface area contributed by atoms with Gasteiger partial charge >= 0.3 is 0 Å². The molecule has 0 unspecified atom stereocenters. The molecule has 1 aromatic heterocycles. The van der Waals surface area contributed by atoms with Gasteiger partial charge in [0.15, 0.2) is 5.78 Å². The molecule has 0 spiro atoms. The summed E-state index contributed by atoms with van der Waals surface area (Å²) >= 11 is 1.67. The Labute approximate surface area is 83.0 Å². The molecule has 0 aliphatic rings. The molecule has 0 fully saturated rings. The summed E-state index contributed by atoms with van der Waals surface area (Å²) in [6, 6.07) is 0. The number of hydrogen-bond acceptors (Lipinski definition) is 3. The maximum Gasteiger partial charge on any atom is 0.160 e. The molecule has 1 aromatic rings. The highest BCUT2D eigenvalue weighted by Gasteiger charge is 2.11. The third-order valence-corrected chi connectivity index (χ3v) is 3.08. The molecule has 0 radical (unpaired) electrons. The lowest BCUT2D eigenvalue weighted by Crippen LogP contribution is -2.06. The fraction of sp³-hybridized carbons (Fsp3) is 0.500. The quantitative estimate of drug-likeness (QED) is 0.750. The topological polar surface area (TPSA) is 29.1 Å². The number of rotatable bonds is 4. The molecule has 0 saturated heterocycles. The van der Waals surface area contributed by atoms with Crippen LogP contribution in [0.25, 0.3) is 0 Å². The van der Waals surface area contributed by atoms with Crippen LogP contribution in [-0.4, -0.2) is 12.8 Å². The second-order valence-electron chi connectivity index (χ2n) is 2.99. The minimum Gasteiger partial charge on any atom is -0.315 e. The number of carbonyl (C=O) groups excluding carboxylic acids is 1. The zero-order valence-electron chi connectivity index (χ0n) is 8.31. The van der Waals surface area contributed by atoms with E-state index in [1.54, 1.807) is 18.3 Å². The summed E-state index contributed by atoms with van der Waals surface area (Å²) in [7, 11) is 1.92. The fourth-order valence-corrected chi connectivity index (χ4v) is 2.61. The molecule has 0 aliphatic carbocycles. The van der Waals surface area contributed by atoms with E-state index in [-0.39, 0.29) is 5.78 Å². The van der Waals surface area contributed by atoms with Gasteiger partial charge in [-0.1, -0.05) is 6.92 Å². The molecule has 72 valence electrons. The Morgan fingerprint density at radius 3 is 2.77 bits per heavy atom. The van der Waals surface area contributed by atoms with Gasteiger partial charge in [0.1, 0.15) is 0 Å². The minimum absolute atomic E-state index is 0.176. The van der Waals surface area contributed by atoms with E-state index >= 15 is 0 Å². The van der Waals surface area contributed by atoms with Gasteiger partial charge in [0, 0.05) is 22.4 Å². The van der Waals surface area contributed by atoms with Crippen molar-refractivity contribution in [1.82, 2.24) is 5.32 Å². The lowest BCUT2D eigenvalue weighted by atomic mass is 10.1. The first-order chi connectivity index (χ1) is 6.20. The Hall–Kier alpha value is -0.670. The smallest absolute Gasteiger partial charge is 0.160 e. The van der Waals surface area contributed by atoms with Crippen LogP contribution in [0.2, 0.25) is 0 Å². The van der Waals surface area contributed by atoms with E-state index in [9.17, 15) is 4.79 Å². The van der Waals surface area contributed by atoms with Gasteiger partial charge in [0.25, 0.3) is 0 Å². The summed E-state index contributed by atoms with van der Waals surface area (Å²) in [5.41, 5.74) is 2.12. The van der Waals surface area contributed by atoms with Crippen LogP contribution in [0.1, 0.15) is 34.6 Å². The SMILES string of the molecule is CCc1c(C(C)=O)csc1CNC. The van der Waals surface area contributed by atoms with Crippen LogP contribution < -0.4 is 5.32 Å². The van der Waals surface area contributed by atoms with E-state index in [4.69, 9.17) is 0 Å². The van der Waals surface area contributed by atoms with Crippen LogP contribution in [0.5, 0.6) is 0 Å². The molecule has 0 aromatic carbocycles. The highest BCUT2D eigenvalue weighted by atomic mass is 32.1. The molecule has 0 amide bonds. The monoisotopic (exact) mass is 197 g/mol. The molecule has 1 heterocycles. The highest BCUT2D eigenvalue weighted by Crippen LogP contribution is 2.23. The fourth-order valence-electron chi connectivity index (χ4n) is 1.41. The predicted molar refractivity (Wildman–Crippen MR) is 56.5 cm³/mol. The number of Topliss-reactive ketones (excluding diaryl/α,β-unsaturated/α-hetero) is 1. The van der Waals surface area contributed by atoms with Crippen molar-refractivity contribution in [2.75, 3.05) is 7.05 Å². The molecular weight excluding hydrogens is 182 g/mol. The highest BCUT2D eigenvalue weighted by molar-refractivity contribution is 7.10. The van der Waals surface area contributed by atoms with Gasteiger partial charge in [-0.25, -0.2) is 0 Å². The Bertz CT molecular complexity index is 304. The maximum absolute atomic E-state index is 11.2. The Morgan fingerprint density at radius 2 is 2.31 bits per heavy atom. The van der Waals surface area contributed by atoms with Crippen LogP contribution in [0, 0.1) is 0 Å². The predicted octanol–water partition coefficient (Wildman–Crippen LogP) is 2.23. The number of ketones is 1. The van der Waals surface area contributed by atoms with Crippen molar-refractivity contribution in [2.45, 2.75) is 26.8 Å². The number of nitrogens with one attached hydrogen (secondary N) is 1. The molecule has 0 bridgehead atoms. The summed E-state index contributed by atoms with van der Waals surface area (Å²) in [6.45, 7) is 4.58. The molecule has 0 atom stereocenters. The van der Waals surface area contributed by atoms with Gasteiger partial charge in [-0.3, -0.25) is 4.79 Å². The van der Waals surface area contributed by atoms with E-state index in [2.05, 4.69) is 12.2 Å². The van der Waals surface area contributed by atoms with Gasteiger partial charge in [0.2, 0.25) is 0 Å². The van der Waals surface area contributed by atoms with Gasteiger partial charge in [-0.2, -0.15) is 0 Å². The lowest BCUT2D eigenvalue weighted by Gasteiger charge is -2.01. The summed E-state index contributed by atoms with van der Waals surface area (Å²) in [6.07, 6.45) is 0.940. The second-order valence-corrected chi connectivity index (χ2v) is 3.96. The zero-order chi connectivity index (χ0) is 9.84. The van der Waals surface area contributed by atoms with Crippen molar-refractivity contribution in [3.05, 3.63) is 21.4 Å². The normalized spacial score (nSPS) is 10.4. The first-order valence-corrected chi connectivity index (χ1v) is 5.33.